The molecule has 1 heterocycles. The molecule has 0 aromatic carbocycles. The van der Waals surface area contributed by atoms with E-state index in [9.17, 15) is 4.79 Å². The van der Waals surface area contributed by atoms with Gasteiger partial charge in [-0.1, -0.05) is 13.3 Å². The summed E-state index contributed by atoms with van der Waals surface area (Å²) >= 11 is 0. The lowest BCUT2D eigenvalue weighted by molar-refractivity contribution is -0.147. The molecular weight excluding hydrogens is 192 g/mol. The summed E-state index contributed by atoms with van der Waals surface area (Å²) in [6.45, 7) is 7.94. The SMILES string of the molecule is CCC[C@@H](N)C(=O)N1CCOCC1(C)C. The van der Waals surface area contributed by atoms with Gasteiger partial charge in [-0.2, -0.15) is 0 Å². The van der Waals surface area contributed by atoms with Gasteiger partial charge in [-0.25, -0.2) is 0 Å². The lowest BCUT2D eigenvalue weighted by Crippen LogP contribution is -2.59. The number of nitrogens with two attached hydrogens (primary N) is 1. The first-order valence-electron chi connectivity index (χ1n) is 5.64. The third kappa shape index (κ3) is 2.92. The molecule has 0 aliphatic carbocycles. The Morgan fingerprint density at radius 3 is 2.80 bits per heavy atom. The third-order valence-electron chi connectivity index (χ3n) is 2.83. The molecule has 1 amide bonds. The molecule has 0 unspecified atom stereocenters. The van der Waals surface area contributed by atoms with Crippen LogP contribution in [0.25, 0.3) is 0 Å². The highest BCUT2D eigenvalue weighted by Gasteiger charge is 2.35. The molecule has 0 spiro atoms. The van der Waals surface area contributed by atoms with Crippen LogP contribution >= 0.6 is 0 Å². The van der Waals surface area contributed by atoms with Crippen molar-refractivity contribution in [1.82, 2.24) is 4.90 Å². The highest BCUT2D eigenvalue weighted by molar-refractivity contribution is 5.82. The zero-order chi connectivity index (χ0) is 11.5. The monoisotopic (exact) mass is 214 g/mol. The van der Waals surface area contributed by atoms with E-state index in [0.717, 1.165) is 12.8 Å². The van der Waals surface area contributed by atoms with Crippen molar-refractivity contribution in [2.24, 2.45) is 5.73 Å². The zero-order valence-electron chi connectivity index (χ0n) is 9.95. The Hall–Kier alpha value is -0.610. The maximum atomic E-state index is 12.0. The van der Waals surface area contributed by atoms with Crippen LogP contribution in [0.4, 0.5) is 0 Å². The number of carbonyl (C=O) groups excluding carboxylic acids is 1. The van der Waals surface area contributed by atoms with Gasteiger partial charge >= 0.3 is 0 Å². The predicted octanol–water partition coefficient (Wildman–Crippen LogP) is 0.751. The second kappa shape index (κ2) is 4.94. The van der Waals surface area contributed by atoms with E-state index in [1.807, 2.05) is 25.7 Å². The van der Waals surface area contributed by atoms with Gasteiger partial charge in [0.15, 0.2) is 0 Å². The molecule has 4 heteroatoms. The molecule has 88 valence electrons. The van der Waals surface area contributed by atoms with Crippen molar-refractivity contribution in [2.75, 3.05) is 19.8 Å². The average molecular weight is 214 g/mol. The molecular formula is C11H22N2O2. The lowest BCUT2D eigenvalue weighted by Gasteiger charge is -2.43. The van der Waals surface area contributed by atoms with E-state index < -0.39 is 0 Å². The van der Waals surface area contributed by atoms with E-state index in [1.165, 1.54) is 0 Å². The fourth-order valence-corrected chi connectivity index (χ4v) is 1.90. The minimum atomic E-state index is -0.354. The topological polar surface area (TPSA) is 55.6 Å². The van der Waals surface area contributed by atoms with Crippen LogP contribution in [0.5, 0.6) is 0 Å². The van der Waals surface area contributed by atoms with Gasteiger partial charge in [0, 0.05) is 6.54 Å². The Morgan fingerprint density at radius 1 is 1.60 bits per heavy atom. The highest BCUT2D eigenvalue weighted by Crippen LogP contribution is 2.20. The largest absolute Gasteiger partial charge is 0.377 e. The van der Waals surface area contributed by atoms with Crippen LogP contribution in [-0.2, 0) is 9.53 Å². The third-order valence-corrected chi connectivity index (χ3v) is 2.83. The summed E-state index contributed by atoms with van der Waals surface area (Å²) in [6, 6.07) is -0.354. The Balaban J connectivity index is 2.64. The summed E-state index contributed by atoms with van der Waals surface area (Å²) in [5, 5.41) is 0. The van der Waals surface area contributed by atoms with E-state index in [1.54, 1.807) is 0 Å². The van der Waals surface area contributed by atoms with Crippen molar-refractivity contribution in [3.8, 4) is 0 Å². The Bertz CT molecular complexity index is 229. The second-order valence-electron chi connectivity index (χ2n) is 4.75. The van der Waals surface area contributed by atoms with Gasteiger partial charge < -0.3 is 15.4 Å². The molecule has 0 aromatic rings. The zero-order valence-corrected chi connectivity index (χ0v) is 9.95. The molecule has 1 rings (SSSR count). The Morgan fingerprint density at radius 2 is 2.27 bits per heavy atom. The van der Waals surface area contributed by atoms with Crippen molar-refractivity contribution in [3.63, 3.8) is 0 Å². The molecule has 0 bridgehead atoms. The van der Waals surface area contributed by atoms with Gasteiger partial charge in [0.2, 0.25) is 5.91 Å². The smallest absolute Gasteiger partial charge is 0.240 e. The second-order valence-corrected chi connectivity index (χ2v) is 4.75. The first-order chi connectivity index (χ1) is 6.99. The van der Waals surface area contributed by atoms with Crippen LogP contribution < -0.4 is 5.73 Å². The maximum absolute atomic E-state index is 12.0. The molecule has 4 nitrogen and oxygen atoms in total. The van der Waals surface area contributed by atoms with Crippen LogP contribution in [0.15, 0.2) is 0 Å². The predicted molar refractivity (Wildman–Crippen MR) is 59.5 cm³/mol. The summed E-state index contributed by atoms with van der Waals surface area (Å²) in [7, 11) is 0. The number of amides is 1. The van der Waals surface area contributed by atoms with Crippen molar-refractivity contribution in [1.29, 1.82) is 0 Å². The van der Waals surface area contributed by atoms with Crippen molar-refractivity contribution < 1.29 is 9.53 Å². The fourth-order valence-electron chi connectivity index (χ4n) is 1.90. The first kappa shape index (κ1) is 12.5. The van der Waals surface area contributed by atoms with Gasteiger partial charge in [0.1, 0.15) is 0 Å². The molecule has 1 saturated heterocycles. The van der Waals surface area contributed by atoms with Crippen LogP contribution in [0.3, 0.4) is 0 Å². The fraction of sp³-hybridized carbons (Fsp3) is 0.909. The number of carbonyl (C=O) groups is 1. The summed E-state index contributed by atoms with van der Waals surface area (Å²) in [4.78, 5) is 13.9. The van der Waals surface area contributed by atoms with Gasteiger partial charge in [0.25, 0.3) is 0 Å². The van der Waals surface area contributed by atoms with Crippen molar-refractivity contribution in [2.45, 2.75) is 45.2 Å². The van der Waals surface area contributed by atoms with Crippen molar-refractivity contribution >= 4 is 5.91 Å². The van der Waals surface area contributed by atoms with E-state index in [-0.39, 0.29) is 17.5 Å². The van der Waals surface area contributed by atoms with E-state index in [4.69, 9.17) is 10.5 Å². The molecule has 15 heavy (non-hydrogen) atoms. The Labute approximate surface area is 91.8 Å². The number of rotatable bonds is 3. The van der Waals surface area contributed by atoms with Crippen molar-refractivity contribution in [3.05, 3.63) is 0 Å². The molecule has 0 radical (unpaired) electrons. The lowest BCUT2D eigenvalue weighted by atomic mass is 10.0. The van der Waals surface area contributed by atoms with E-state index in [2.05, 4.69) is 0 Å². The van der Waals surface area contributed by atoms with Gasteiger partial charge in [-0.3, -0.25) is 4.79 Å². The van der Waals surface area contributed by atoms with Crippen LogP contribution in [0.2, 0.25) is 0 Å². The van der Waals surface area contributed by atoms with Gasteiger partial charge in [0.05, 0.1) is 24.8 Å². The molecule has 2 N–H and O–H groups in total. The molecule has 1 aliphatic heterocycles. The number of hydrogen-bond donors (Lipinski definition) is 1. The standard InChI is InChI=1S/C11H22N2O2/c1-4-5-9(12)10(14)13-6-7-15-8-11(13,2)3/h9H,4-8,12H2,1-3H3/t9-/m1/s1. The van der Waals surface area contributed by atoms with Crippen LogP contribution in [0, 0.1) is 0 Å². The van der Waals surface area contributed by atoms with Gasteiger partial charge in [-0.05, 0) is 20.3 Å². The Kier molecular flexibility index (Phi) is 4.11. The minimum Gasteiger partial charge on any atom is -0.377 e. The maximum Gasteiger partial charge on any atom is 0.240 e. The number of hydrogen-bond acceptors (Lipinski definition) is 3. The minimum absolute atomic E-state index is 0.0603. The van der Waals surface area contributed by atoms with Crippen LogP contribution in [0.1, 0.15) is 33.6 Å². The summed E-state index contributed by atoms with van der Waals surface area (Å²) in [6.07, 6.45) is 1.70. The normalized spacial score (nSPS) is 22.5. The van der Waals surface area contributed by atoms with E-state index >= 15 is 0 Å². The van der Waals surface area contributed by atoms with E-state index in [0.29, 0.717) is 19.8 Å². The average Bonchev–Trinajstić information content (AvgIpc) is 2.16. The molecule has 1 aliphatic rings. The van der Waals surface area contributed by atoms with Gasteiger partial charge in [-0.15, -0.1) is 0 Å². The number of morpholine rings is 1. The van der Waals surface area contributed by atoms with Crippen LogP contribution in [-0.4, -0.2) is 42.1 Å². The first-order valence-corrected chi connectivity index (χ1v) is 5.64. The summed E-state index contributed by atoms with van der Waals surface area (Å²) < 4.78 is 5.37. The molecule has 0 aromatic heterocycles. The summed E-state index contributed by atoms with van der Waals surface area (Å²) in [5.41, 5.74) is 5.63. The highest BCUT2D eigenvalue weighted by atomic mass is 16.5. The summed E-state index contributed by atoms with van der Waals surface area (Å²) in [5.74, 6) is 0.0603. The molecule has 1 fully saturated rings. The quantitative estimate of drug-likeness (QED) is 0.754. The molecule has 0 saturated carbocycles. The number of ether oxygens (including phenoxy) is 1. The molecule has 1 atom stereocenters. The number of nitrogens with zero attached hydrogens (tertiary/aromatic N) is 1.